The molecule has 6 atom stereocenters. The predicted molar refractivity (Wildman–Crippen MR) is 186 cm³/mol. The number of rotatable bonds is 7. The summed E-state index contributed by atoms with van der Waals surface area (Å²) >= 11 is 6.30. The van der Waals surface area contributed by atoms with E-state index in [1.807, 2.05) is 6.08 Å². The fourth-order valence-corrected chi connectivity index (χ4v) is 9.08. The van der Waals surface area contributed by atoms with Crippen LogP contribution in [0.5, 0.6) is 11.5 Å². The van der Waals surface area contributed by atoms with Crippen LogP contribution in [0, 0.1) is 35.3 Å². The summed E-state index contributed by atoms with van der Waals surface area (Å²) in [7, 11) is 0. The molecule has 3 N–H and O–H groups in total. The summed E-state index contributed by atoms with van der Waals surface area (Å²) in [5.74, 6) is -8.68. The Kier molecular flexibility index (Phi) is 8.13. The fourth-order valence-electron chi connectivity index (χ4n) is 8.95. The molecule has 4 aromatic rings. The van der Waals surface area contributed by atoms with Crippen LogP contribution in [0.4, 0.5) is 14.5 Å². The van der Waals surface area contributed by atoms with Crippen molar-refractivity contribution in [2.75, 3.05) is 12.0 Å². The minimum atomic E-state index is -1.75. The first-order valence-corrected chi connectivity index (χ1v) is 17.4. The lowest BCUT2D eigenvalue weighted by Gasteiger charge is -2.50. The van der Waals surface area contributed by atoms with Crippen LogP contribution in [0.3, 0.4) is 0 Å². The number of phenolic OH excluding ortho intramolecular Hbond substituents is 2. The van der Waals surface area contributed by atoms with Gasteiger partial charge in [0, 0.05) is 23.0 Å². The number of anilines is 1. The van der Waals surface area contributed by atoms with E-state index in [1.54, 1.807) is 36.4 Å². The van der Waals surface area contributed by atoms with Gasteiger partial charge in [-0.05, 0) is 90.9 Å². The van der Waals surface area contributed by atoms with Crippen molar-refractivity contribution in [3.63, 3.8) is 0 Å². The highest BCUT2D eigenvalue weighted by Crippen LogP contribution is 2.65. The summed E-state index contributed by atoms with van der Waals surface area (Å²) < 4.78 is 29.1. The van der Waals surface area contributed by atoms with Crippen molar-refractivity contribution < 1.29 is 38.2 Å². The number of para-hydroxylation sites is 1. The summed E-state index contributed by atoms with van der Waals surface area (Å²) in [4.78, 5) is 59.2. The molecule has 0 unspecified atom stereocenters. The summed E-state index contributed by atoms with van der Waals surface area (Å²) in [6.45, 7) is 0.108. The number of hydrogen-bond acceptors (Lipinski definition) is 7. The molecule has 264 valence electrons. The average Bonchev–Trinajstić information content (AvgIpc) is 3.51. The summed E-state index contributed by atoms with van der Waals surface area (Å²) in [6, 6.07) is 22.1. The Labute approximate surface area is 302 Å². The van der Waals surface area contributed by atoms with Gasteiger partial charge in [0.1, 0.15) is 11.6 Å². The molecule has 3 fully saturated rings. The lowest BCUT2D eigenvalue weighted by molar-refractivity contribution is -0.141. The van der Waals surface area contributed by atoms with E-state index in [-0.39, 0.29) is 42.3 Å². The van der Waals surface area contributed by atoms with Crippen LogP contribution in [0.25, 0.3) is 0 Å². The Morgan fingerprint density at radius 2 is 1.54 bits per heavy atom. The molecule has 2 saturated heterocycles. The zero-order valence-corrected chi connectivity index (χ0v) is 28.3. The van der Waals surface area contributed by atoms with E-state index in [2.05, 4.69) is 5.43 Å². The highest BCUT2D eigenvalue weighted by atomic mass is 35.5. The third-order valence-corrected chi connectivity index (χ3v) is 11.5. The smallest absolute Gasteiger partial charge is 0.260 e. The Morgan fingerprint density at radius 3 is 2.25 bits per heavy atom. The van der Waals surface area contributed by atoms with Gasteiger partial charge in [-0.15, -0.1) is 0 Å². The molecule has 0 radical (unpaired) electrons. The SMILES string of the molecule is O=C1[C@H]2[C@H](CC=C3[C@H]2C[C@H]2C(=O)N(Nc4ccc(F)cc4)C(=O)[C@@]2(c2ccc(Cl)cc2)[C@H]3c2cccc(F)c2O)C(=O)N1CCc1ccc(O)cc1. The van der Waals surface area contributed by atoms with Crippen molar-refractivity contribution in [3.05, 3.63) is 136 Å². The molecule has 2 aliphatic heterocycles. The Hall–Kier alpha value is -5.55. The van der Waals surface area contributed by atoms with Gasteiger partial charge >= 0.3 is 0 Å². The first-order valence-electron chi connectivity index (χ1n) is 17.0. The minimum absolute atomic E-state index is 0.000796. The van der Waals surface area contributed by atoms with E-state index in [4.69, 9.17) is 11.6 Å². The number of likely N-dealkylation sites (tertiary alicyclic amines) is 1. The number of imide groups is 2. The third-order valence-electron chi connectivity index (χ3n) is 11.2. The molecular formula is C40H32ClF2N3O6. The van der Waals surface area contributed by atoms with Gasteiger partial charge in [0.15, 0.2) is 11.6 Å². The average molecular weight is 724 g/mol. The van der Waals surface area contributed by atoms with Crippen molar-refractivity contribution in [1.29, 1.82) is 0 Å². The number of hydrazine groups is 1. The number of carbonyl (C=O) groups excluding carboxylic acids is 4. The van der Waals surface area contributed by atoms with Crippen molar-refractivity contribution >= 4 is 40.9 Å². The number of carbonyl (C=O) groups is 4. The zero-order chi connectivity index (χ0) is 36.5. The Balaban J connectivity index is 1.26. The van der Waals surface area contributed by atoms with Crippen molar-refractivity contribution in [1.82, 2.24) is 9.91 Å². The summed E-state index contributed by atoms with van der Waals surface area (Å²) in [5, 5.41) is 22.3. The van der Waals surface area contributed by atoms with Gasteiger partial charge in [-0.1, -0.05) is 59.6 Å². The summed E-state index contributed by atoms with van der Waals surface area (Å²) in [6.07, 6.45) is 2.34. The molecule has 1 saturated carbocycles. The van der Waals surface area contributed by atoms with Crippen molar-refractivity contribution in [3.8, 4) is 11.5 Å². The standard InChI is InChI=1S/C40H32ClF2N3O6/c41-23-8-6-22(7-9-23)40-31(37(50)46(39(40)52)44-25-12-10-24(42)11-13-25)20-30-27(34(40)29-2-1-3-32(43)35(29)48)16-17-28-33(30)38(51)45(36(28)49)19-18-21-4-14-26(47)15-5-21/h1-16,28,30-31,33-34,44,47-48H,17-20H2/t28-,30+,31-,33-,34+,40+/m0/s1. The maximum atomic E-state index is 15.3. The molecule has 2 aliphatic carbocycles. The highest BCUT2D eigenvalue weighted by molar-refractivity contribution is 6.30. The first kappa shape index (κ1) is 33.6. The second-order valence-corrected chi connectivity index (χ2v) is 14.2. The predicted octanol–water partition coefficient (Wildman–Crippen LogP) is 6.26. The number of nitrogens with one attached hydrogen (secondary N) is 1. The minimum Gasteiger partial charge on any atom is -0.508 e. The Morgan fingerprint density at radius 1 is 0.827 bits per heavy atom. The molecule has 0 aromatic heterocycles. The maximum Gasteiger partial charge on any atom is 0.260 e. The number of phenols is 2. The molecule has 52 heavy (non-hydrogen) atoms. The largest absolute Gasteiger partial charge is 0.508 e. The van der Waals surface area contributed by atoms with Crippen LogP contribution in [0.2, 0.25) is 5.02 Å². The Bertz CT molecular complexity index is 2160. The molecule has 4 aliphatic rings. The normalized spacial score (nSPS) is 26.6. The van der Waals surface area contributed by atoms with Crippen LogP contribution in [-0.4, -0.2) is 50.3 Å². The van der Waals surface area contributed by atoms with Crippen molar-refractivity contribution in [2.24, 2.45) is 23.7 Å². The molecule has 9 nitrogen and oxygen atoms in total. The van der Waals surface area contributed by atoms with Crippen LogP contribution >= 0.6 is 11.6 Å². The van der Waals surface area contributed by atoms with Gasteiger partial charge in [0.05, 0.1) is 28.9 Å². The molecule has 4 aromatic carbocycles. The molecule has 4 amide bonds. The lowest BCUT2D eigenvalue weighted by atomic mass is 9.49. The van der Waals surface area contributed by atoms with Crippen LogP contribution in [0.1, 0.15) is 35.4 Å². The number of benzene rings is 4. The van der Waals surface area contributed by atoms with E-state index >= 15 is 9.18 Å². The van der Waals surface area contributed by atoms with E-state index in [9.17, 15) is 29.0 Å². The fraction of sp³-hybridized carbons (Fsp3) is 0.250. The van der Waals surface area contributed by atoms with Gasteiger partial charge in [0.25, 0.3) is 11.8 Å². The van der Waals surface area contributed by atoms with Crippen LogP contribution < -0.4 is 5.43 Å². The molecule has 0 bridgehead atoms. The molecule has 8 rings (SSSR count). The number of nitrogens with zero attached hydrogens (tertiary/aromatic N) is 2. The van der Waals surface area contributed by atoms with Gasteiger partial charge < -0.3 is 10.2 Å². The zero-order valence-electron chi connectivity index (χ0n) is 27.5. The monoisotopic (exact) mass is 723 g/mol. The van der Waals surface area contributed by atoms with Gasteiger partial charge in [0.2, 0.25) is 11.8 Å². The molecule has 12 heteroatoms. The molecular weight excluding hydrogens is 692 g/mol. The topological polar surface area (TPSA) is 127 Å². The van der Waals surface area contributed by atoms with Crippen LogP contribution in [-0.2, 0) is 31.0 Å². The van der Waals surface area contributed by atoms with Crippen LogP contribution in [0.15, 0.2) is 103 Å². The number of halogens is 3. The lowest BCUT2D eigenvalue weighted by Crippen LogP contribution is -2.53. The second-order valence-electron chi connectivity index (χ2n) is 13.8. The van der Waals surface area contributed by atoms with Gasteiger partial charge in [-0.25, -0.2) is 8.78 Å². The van der Waals surface area contributed by atoms with Gasteiger partial charge in [-0.2, -0.15) is 5.01 Å². The highest BCUT2D eigenvalue weighted by Gasteiger charge is 2.70. The quantitative estimate of drug-likeness (QED) is 0.152. The number of amides is 4. The molecule has 2 heterocycles. The first-order chi connectivity index (χ1) is 25.0. The van der Waals surface area contributed by atoms with Crippen molar-refractivity contribution in [2.45, 2.75) is 30.6 Å². The maximum absolute atomic E-state index is 15.3. The second kappa shape index (κ2) is 12.6. The molecule has 0 spiro atoms. The van der Waals surface area contributed by atoms with E-state index in [1.165, 1.54) is 53.4 Å². The van der Waals surface area contributed by atoms with E-state index in [0.717, 1.165) is 16.6 Å². The number of allylic oxidation sites excluding steroid dienone is 2. The number of hydrogen-bond donors (Lipinski definition) is 3. The van der Waals surface area contributed by atoms with E-state index < -0.39 is 70.1 Å². The van der Waals surface area contributed by atoms with Gasteiger partial charge in [-0.3, -0.25) is 29.5 Å². The third kappa shape index (κ3) is 5.09. The number of fused-ring (bicyclic) bond motifs is 4. The summed E-state index contributed by atoms with van der Waals surface area (Å²) in [5.41, 5.74) is 3.19. The number of aromatic hydroxyl groups is 2. The van der Waals surface area contributed by atoms with E-state index in [0.29, 0.717) is 22.6 Å².